The molecule has 0 bridgehead atoms. The van der Waals surface area contributed by atoms with Gasteiger partial charge in [0.15, 0.2) is 0 Å². The number of aliphatic hydroxyl groups is 1. The zero-order chi connectivity index (χ0) is 16.6. The van der Waals surface area contributed by atoms with E-state index in [1.807, 2.05) is 18.2 Å². The van der Waals surface area contributed by atoms with E-state index in [2.05, 4.69) is 43.1 Å². The molecule has 1 aliphatic heterocycles. The molecule has 1 radical (unpaired) electrons. The van der Waals surface area contributed by atoms with Gasteiger partial charge in [-0.15, -0.1) is 35.9 Å². The molecule has 4 heteroatoms. The first-order valence-electron chi connectivity index (χ1n) is 7.47. The second-order valence-corrected chi connectivity index (χ2v) is 5.75. The van der Waals surface area contributed by atoms with E-state index in [4.69, 9.17) is 9.90 Å². The summed E-state index contributed by atoms with van der Waals surface area (Å²) in [6.07, 6.45) is 6.81. The van der Waals surface area contributed by atoms with Gasteiger partial charge in [0, 0.05) is 32.1 Å². The molecule has 1 aliphatic rings. The van der Waals surface area contributed by atoms with Crippen molar-refractivity contribution >= 4 is 11.5 Å². The van der Waals surface area contributed by atoms with Crippen LogP contribution in [0.4, 0.5) is 0 Å². The molecular weight excluding hydrogens is 466 g/mol. The third-order valence-corrected chi connectivity index (χ3v) is 3.46. The summed E-state index contributed by atoms with van der Waals surface area (Å²) < 4.78 is 0. The Bertz CT molecular complexity index is 587. The molecule has 2 rings (SSSR count). The minimum Gasteiger partial charge on any atom is -0.512 e. The molecule has 0 amide bonds. The van der Waals surface area contributed by atoms with E-state index < -0.39 is 0 Å². The third-order valence-electron chi connectivity index (χ3n) is 3.46. The Hall–Kier alpha value is -1.51. The number of carbonyl (C=O) groups excluding carboxylic acids is 1. The van der Waals surface area contributed by atoms with Gasteiger partial charge in [-0.05, 0) is 19.1 Å². The fourth-order valence-electron chi connectivity index (χ4n) is 1.91. The maximum atomic E-state index is 8.40. The van der Waals surface area contributed by atoms with Crippen LogP contribution in [0.25, 0.3) is 0 Å². The van der Waals surface area contributed by atoms with E-state index in [0.29, 0.717) is 0 Å². The van der Waals surface area contributed by atoms with Crippen LogP contribution in [0.1, 0.15) is 39.7 Å². The van der Waals surface area contributed by atoms with Crippen LogP contribution in [0.2, 0.25) is 0 Å². The van der Waals surface area contributed by atoms with E-state index in [9.17, 15) is 0 Å². The quantitative estimate of drug-likeness (QED) is 0.292. The van der Waals surface area contributed by atoms with Crippen LogP contribution in [0.15, 0.2) is 53.2 Å². The van der Waals surface area contributed by atoms with E-state index in [1.54, 1.807) is 0 Å². The van der Waals surface area contributed by atoms with E-state index in [1.165, 1.54) is 19.9 Å². The molecule has 0 aromatic heterocycles. The molecule has 127 valence electrons. The molecule has 1 aromatic rings. The summed E-state index contributed by atoms with van der Waals surface area (Å²) in [6.45, 7) is 8.34. The molecule has 0 spiro atoms. The number of benzene rings is 1. The maximum absolute atomic E-state index is 8.40. The second kappa shape index (κ2) is 10.3. The summed E-state index contributed by atoms with van der Waals surface area (Å²) in [6, 6.07) is 11.2. The number of hydrogen-bond acceptors (Lipinski definition) is 2. The number of rotatable bonds is 3. The van der Waals surface area contributed by atoms with Crippen LogP contribution in [0.5, 0.6) is 0 Å². The zero-order valence-electron chi connectivity index (χ0n) is 14.1. The minimum atomic E-state index is 0. The number of aliphatic imine (C=N–C) groups is 1. The SMILES string of the molecule is CC(=[OH+])/C=C(/C)O.CCC1(C)C=CC(c2[c-]cccc2)=NC1.[Ir]. The number of dihydropyridines is 1. The van der Waals surface area contributed by atoms with Crippen LogP contribution in [-0.2, 0) is 20.1 Å². The first-order valence-corrected chi connectivity index (χ1v) is 7.47. The van der Waals surface area contributed by atoms with Gasteiger partial charge in [0.1, 0.15) is 0 Å². The van der Waals surface area contributed by atoms with Crippen LogP contribution in [0.3, 0.4) is 0 Å². The fourth-order valence-corrected chi connectivity index (χ4v) is 1.91. The van der Waals surface area contributed by atoms with Crippen molar-refractivity contribution in [2.45, 2.75) is 34.1 Å². The smallest absolute Gasteiger partial charge is 0.316 e. The van der Waals surface area contributed by atoms with Crippen molar-refractivity contribution in [3.05, 3.63) is 59.9 Å². The topological polar surface area (TPSA) is 54.0 Å². The van der Waals surface area contributed by atoms with Crippen molar-refractivity contribution in [2.75, 3.05) is 6.54 Å². The number of aliphatic hydroxyl groups excluding tert-OH is 1. The summed E-state index contributed by atoms with van der Waals surface area (Å²) >= 11 is 0. The van der Waals surface area contributed by atoms with Crippen LogP contribution in [0, 0.1) is 11.5 Å². The van der Waals surface area contributed by atoms with Crippen LogP contribution >= 0.6 is 0 Å². The second-order valence-electron chi connectivity index (χ2n) is 5.75. The molecule has 23 heavy (non-hydrogen) atoms. The molecule has 1 heterocycles. The average molecular weight is 492 g/mol. The molecule has 3 nitrogen and oxygen atoms in total. The Labute approximate surface area is 152 Å². The summed E-state index contributed by atoms with van der Waals surface area (Å²) in [5, 5.41) is 8.40. The number of allylic oxidation sites excluding steroid dienone is 3. The number of ketones is 1. The average Bonchev–Trinajstić information content (AvgIpc) is 2.48. The molecule has 1 aromatic carbocycles. The van der Waals surface area contributed by atoms with Crippen molar-refractivity contribution in [2.24, 2.45) is 10.4 Å². The summed E-state index contributed by atoms with van der Waals surface area (Å²) in [4.78, 5) is 13.0. The Kier molecular flexibility index (Phi) is 9.62. The van der Waals surface area contributed by atoms with Crippen LogP contribution in [-0.4, -0.2) is 27.9 Å². The van der Waals surface area contributed by atoms with Gasteiger partial charge in [-0.2, -0.15) is 0 Å². The van der Waals surface area contributed by atoms with Gasteiger partial charge >= 0.3 is 5.78 Å². The van der Waals surface area contributed by atoms with Crippen molar-refractivity contribution in [3.63, 3.8) is 0 Å². The standard InChI is InChI=1S/C14H16N.C5H8O2.Ir/c1-3-14(2)10-9-13(15-11-14)12-7-5-4-6-8-12;1-4(6)3-5(2)7;/h4-7,9-10H,3,11H2,1-2H3;3,6H,1-2H3;/q-1;;/p+1/b;4-3-;. The first kappa shape index (κ1) is 21.5. The van der Waals surface area contributed by atoms with Gasteiger partial charge in [-0.3, -0.25) is 4.79 Å². The van der Waals surface area contributed by atoms with Crippen molar-refractivity contribution in [1.29, 1.82) is 0 Å². The normalized spacial score (nSPS) is 19.8. The van der Waals surface area contributed by atoms with E-state index in [0.717, 1.165) is 24.2 Å². The van der Waals surface area contributed by atoms with Gasteiger partial charge < -0.3 is 10.1 Å². The van der Waals surface area contributed by atoms with Gasteiger partial charge in [-0.25, -0.2) is 0 Å². The molecule has 0 saturated carbocycles. The monoisotopic (exact) mass is 492 g/mol. The summed E-state index contributed by atoms with van der Waals surface area (Å²) in [7, 11) is 0. The Morgan fingerprint density at radius 1 is 1.43 bits per heavy atom. The predicted octanol–water partition coefficient (Wildman–Crippen LogP) is 4.27. The number of nitrogens with zero attached hydrogens (tertiary/aromatic N) is 1. The third kappa shape index (κ3) is 8.05. The Morgan fingerprint density at radius 2 is 2.13 bits per heavy atom. The molecular formula is C19H25IrNO2. The van der Waals surface area contributed by atoms with Crippen LogP contribution < -0.4 is 0 Å². The molecule has 1 atom stereocenters. The van der Waals surface area contributed by atoms with Crippen molar-refractivity contribution in [1.82, 2.24) is 0 Å². The van der Waals surface area contributed by atoms with Gasteiger partial charge in [-0.1, -0.05) is 26.0 Å². The largest absolute Gasteiger partial charge is 0.512 e. The van der Waals surface area contributed by atoms with Gasteiger partial charge in [0.25, 0.3) is 0 Å². The fraction of sp³-hybridized carbons (Fsp3) is 0.368. The Morgan fingerprint density at radius 3 is 2.48 bits per heavy atom. The Balaban J connectivity index is 0.000000522. The van der Waals surface area contributed by atoms with E-state index >= 15 is 0 Å². The molecule has 0 aliphatic carbocycles. The van der Waals surface area contributed by atoms with Gasteiger partial charge in [0.05, 0.1) is 18.8 Å². The van der Waals surface area contributed by atoms with E-state index in [-0.39, 0.29) is 37.1 Å². The number of hydrogen-bond donors (Lipinski definition) is 1. The molecule has 1 unspecified atom stereocenters. The van der Waals surface area contributed by atoms with Gasteiger partial charge in [0.2, 0.25) is 0 Å². The molecule has 0 saturated heterocycles. The van der Waals surface area contributed by atoms with Crippen molar-refractivity contribution < 1.29 is 30.0 Å². The summed E-state index contributed by atoms with van der Waals surface area (Å²) in [5.41, 5.74) is 2.39. The zero-order valence-corrected chi connectivity index (χ0v) is 16.5. The summed E-state index contributed by atoms with van der Waals surface area (Å²) in [5.74, 6) is 0.250. The van der Waals surface area contributed by atoms with Crippen molar-refractivity contribution in [3.8, 4) is 0 Å². The minimum absolute atomic E-state index is 0. The maximum Gasteiger partial charge on any atom is 0.316 e. The predicted molar refractivity (Wildman–Crippen MR) is 93.2 cm³/mol. The molecule has 0 fully saturated rings. The first-order chi connectivity index (χ1) is 10.4. The molecule has 2 N–H and O–H groups in total.